The quantitative estimate of drug-likeness (QED) is 0.289. The summed E-state index contributed by atoms with van der Waals surface area (Å²) in [5, 5.41) is 2.93. The molecule has 11 heteroatoms. The summed E-state index contributed by atoms with van der Waals surface area (Å²) in [5.74, 6) is 1.77. The number of benzene rings is 3. The molecule has 3 heterocycles. The minimum absolute atomic E-state index is 0.104. The van der Waals surface area contributed by atoms with Crippen molar-refractivity contribution in [3.05, 3.63) is 78.5 Å². The first kappa shape index (κ1) is 28.1. The van der Waals surface area contributed by atoms with Crippen LogP contribution >= 0.6 is 0 Å². The van der Waals surface area contributed by atoms with E-state index >= 15 is 0 Å². The van der Waals surface area contributed by atoms with Crippen molar-refractivity contribution in [3.63, 3.8) is 0 Å². The molecule has 0 radical (unpaired) electrons. The molecule has 1 saturated heterocycles. The van der Waals surface area contributed by atoms with Crippen LogP contribution in [0, 0.1) is 0 Å². The lowest BCUT2D eigenvalue weighted by molar-refractivity contribution is -0.117. The van der Waals surface area contributed by atoms with Crippen LogP contribution in [0.3, 0.4) is 0 Å². The summed E-state index contributed by atoms with van der Waals surface area (Å²) in [6.07, 6.45) is 3.42. The third kappa shape index (κ3) is 6.12. The Hall–Kier alpha value is -5.03. The molecule has 0 spiro atoms. The molecule has 0 bridgehead atoms. The average molecular weight is 585 g/mol. The summed E-state index contributed by atoms with van der Waals surface area (Å²) >= 11 is 0. The molecule has 0 saturated carbocycles. The van der Waals surface area contributed by atoms with Gasteiger partial charge in [-0.15, -0.1) is 0 Å². The lowest BCUT2D eigenvalue weighted by Gasteiger charge is -2.25. The van der Waals surface area contributed by atoms with E-state index in [-0.39, 0.29) is 31.9 Å². The van der Waals surface area contributed by atoms with Crippen molar-refractivity contribution in [3.8, 4) is 39.9 Å². The number of hydrogen-bond donors (Lipinski definition) is 1. The molecule has 1 N–H and O–H groups in total. The molecule has 222 valence electrons. The second-order valence-electron chi connectivity index (χ2n) is 10.2. The normalized spacial score (nSPS) is 15.3. The molecule has 0 unspecified atom stereocenters. The number of methoxy groups -OCH3 is 2. The van der Waals surface area contributed by atoms with Gasteiger partial charge in [0.25, 0.3) is 5.91 Å². The Labute approximate surface area is 248 Å². The van der Waals surface area contributed by atoms with Crippen LogP contribution in [-0.2, 0) is 9.53 Å². The maximum atomic E-state index is 13.7. The van der Waals surface area contributed by atoms with Gasteiger partial charge in [0.1, 0.15) is 6.54 Å². The maximum absolute atomic E-state index is 13.7. The van der Waals surface area contributed by atoms with Gasteiger partial charge in [-0.25, -0.2) is 4.98 Å². The fourth-order valence-electron chi connectivity index (χ4n) is 5.19. The van der Waals surface area contributed by atoms with Crippen LogP contribution in [0.2, 0.25) is 0 Å². The van der Waals surface area contributed by atoms with E-state index < -0.39 is 5.91 Å². The van der Waals surface area contributed by atoms with Gasteiger partial charge in [0.15, 0.2) is 23.0 Å². The predicted octanol–water partition coefficient (Wildman–Crippen LogP) is 4.55. The molecule has 43 heavy (non-hydrogen) atoms. The predicted molar refractivity (Wildman–Crippen MR) is 158 cm³/mol. The van der Waals surface area contributed by atoms with Crippen molar-refractivity contribution in [1.82, 2.24) is 14.5 Å². The topological polar surface area (TPSA) is 113 Å². The second-order valence-corrected chi connectivity index (χ2v) is 10.2. The molecule has 2 aliphatic rings. The van der Waals surface area contributed by atoms with Crippen LogP contribution in [-0.4, -0.2) is 73.1 Å². The Morgan fingerprint density at radius 2 is 1.81 bits per heavy atom. The highest BCUT2D eigenvalue weighted by molar-refractivity contribution is 5.99. The Morgan fingerprint density at radius 1 is 1.00 bits per heavy atom. The zero-order valence-corrected chi connectivity index (χ0v) is 23.9. The van der Waals surface area contributed by atoms with Crippen LogP contribution in [0.15, 0.2) is 72.9 Å². The third-order valence-corrected chi connectivity index (χ3v) is 7.36. The van der Waals surface area contributed by atoms with Gasteiger partial charge in [-0.3, -0.25) is 19.5 Å². The third-order valence-electron chi connectivity index (χ3n) is 7.36. The van der Waals surface area contributed by atoms with E-state index in [1.165, 1.54) is 4.90 Å². The number of nitrogens with one attached hydrogen (secondary N) is 1. The maximum Gasteiger partial charge on any atom is 0.254 e. The fourth-order valence-corrected chi connectivity index (χ4v) is 5.19. The molecule has 1 atom stereocenters. The number of anilines is 1. The fraction of sp³-hybridized carbons (Fsp3) is 0.281. The summed E-state index contributed by atoms with van der Waals surface area (Å²) < 4.78 is 29.3. The van der Waals surface area contributed by atoms with Gasteiger partial charge in [-0.05, 0) is 43.2 Å². The molecule has 2 aliphatic heterocycles. The minimum atomic E-state index is -0.404. The van der Waals surface area contributed by atoms with Gasteiger partial charge in [0, 0.05) is 36.5 Å². The minimum Gasteiger partial charge on any atom is -0.493 e. The van der Waals surface area contributed by atoms with E-state index in [0.717, 1.165) is 18.4 Å². The molecule has 6 rings (SSSR count). The van der Waals surface area contributed by atoms with E-state index in [2.05, 4.69) is 5.32 Å². The van der Waals surface area contributed by atoms with Crippen LogP contribution in [0.1, 0.15) is 23.2 Å². The SMILES string of the molecule is COc1ccc(-n2cc(-c3ccccc3)nc2NC(=O)CN(C[C@H]2CCCO2)C(=O)c2ccc3c(c2)OCO3)cc1OC. The van der Waals surface area contributed by atoms with Gasteiger partial charge in [0.05, 0.1) is 31.7 Å². The number of amides is 2. The van der Waals surface area contributed by atoms with E-state index in [9.17, 15) is 9.59 Å². The summed E-state index contributed by atoms with van der Waals surface area (Å²) in [4.78, 5) is 33.5. The molecule has 3 aromatic carbocycles. The summed E-state index contributed by atoms with van der Waals surface area (Å²) in [6, 6.07) is 20.1. The highest BCUT2D eigenvalue weighted by Crippen LogP contribution is 2.34. The van der Waals surface area contributed by atoms with Gasteiger partial charge in [-0.2, -0.15) is 0 Å². The van der Waals surface area contributed by atoms with Crippen LogP contribution < -0.4 is 24.3 Å². The molecule has 0 aliphatic carbocycles. The van der Waals surface area contributed by atoms with Crippen LogP contribution in [0.25, 0.3) is 16.9 Å². The van der Waals surface area contributed by atoms with E-state index in [0.29, 0.717) is 52.5 Å². The molecular formula is C32H32N4O7. The monoisotopic (exact) mass is 584 g/mol. The first-order valence-electron chi connectivity index (χ1n) is 14.0. The highest BCUT2D eigenvalue weighted by Gasteiger charge is 2.27. The summed E-state index contributed by atoms with van der Waals surface area (Å²) in [5.41, 5.74) is 2.65. The van der Waals surface area contributed by atoms with Gasteiger partial charge in [0.2, 0.25) is 18.6 Å². The van der Waals surface area contributed by atoms with Crippen LogP contribution in [0.4, 0.5) is 5.95 Å². The second kappa shape index (κ2) is 12.5. The van der Waals surface area contributed by atoms with Gasteiger partial charge < -0.3 is 28.6 Å². The Bertz CT molecular complexity index is 1620. The molecule has 1 aromatic heterocycles. The standard InChI is InChI=1S/C32H32N4O7/c1-39-26-13-11-23(16-28(26)40-2)36-18-25(21-7-4-3-5-8-21)33-32(36)34-30(37)19-35(17-24-9-6-14-41-24)31(38)22-10-12-27-29(15-22)43-20-42-27/h3-5,7-8,10-13,15-16,18,24H,6,9,14,17,19-20H2,1-2H3,(H,33,34,37)/t24-/m1/s1. The smallest absolute Gasteiger partial charge is 0.254 e. The van der Waals surface area contributed by atoms with E-state index in [4.69, 9.17) is 28.7 Å². The molecule has 11 nitrogen and oxygen atoms in total. The first-order valence-corrected chi connectivity index (χ1v) is 14.0. The van der Waals surface area contributed by atoms with Gasteiger partial charge >= 0.3 is 0 Å². The number of carbonyl (C=O) groups excluding carboxylic acids is 2. The number of fused-ring (bicyclic) bond motifs is 1. The van der Waals surface area contributed by atoms with Crippen molar-refractivity contribution in [2.45, 2.75) is 18.9 Å². The molecular weight excluding hydrogens is 552 g/mol. The average Bonchev–Trinajstić information content (AvgIpc) is 3.82. The Morgan fingerprint density at radius 3 is 2.58 bits per heavy atom. The number of hydrogen-bond acceptors (Lipinski definition) is 8. The van der Waals surface area contributed by atoms with E-state index in [1.807, 2.05) is 42.6 Å². The van der Waals surface area contributed by atoms with Crippen molar-refractivity contribution < 1.29 is 33.3 Å². The first-order chi connectivity index (χ1) is 21.0. The molecule has 1 fully saturated rings. The highest BCUT2D eigenvalue weighted by atomic mass is 16.7. The number of ether oxygens (including phenoxy) is 5. The lowest BCUT2D eigenvalue weighted by Crippen LogP contribution is -2.42. The van der Waals surface area contributed by atoms with Crippen molar-refractivity contribution in [2.24, 2.45) is 0 Å². The number of carbonyl (C=O) groups is 2. The van der Waals surface area contributed by atoms with Gasteiger partial charge in [-0.1, -0.05) is 30.3 Å². The van der Waals surface area contributed by atoms with Crippen LogP contribution in [0.5, 0.6) is 23.0 Å². The Kier molecular flexibility index (Phi) is 8.14. The number of nitrogens with zero attached hydrogens (tertiary/aromatic N) is 3. The lowest BCUT2D eigenvalue weighted by atomic mass is 10.1. The molecule has 4 aromatic rings. The van der Waals surface area contributed by atoms with Crippen molar-refractivity contribution >= 4 is 17.8 Å². The number of rotatable bonds is 10. The molecule has 2 amide bonds. The van der Waals surface area contributed by atoms with E-state index in [1.54, 1.807) is 49.1 Å². The van der Waals surface area contributed by atoms with Crippen molar-refractivity contribution in [2.75, 3.05) is 46.0 Å². The largest absolute Gasteiger partial charge is 0.493 e. The summed E-state index contributed by atoms with van der Waals surface area (Å²) in [7, 11) is 3.13. The summed E-state index contributed by atoms with van der Waals surface area (Å²) in [6.45, 7) is 0.813. The Balaban J connectivity index is 1.28. The number of aromatic nitrogens is 2. The zero-order chi connectivity index (χ0) is 29.8. The zero-order valence-electron chi connectivity index (χ0n) is 23.9. The van der Waals surface area contributed by atoms with Crippen molar-refractivity contribution in [1.29, 1.82) is 0 Å². The number of imidazole rings is 1.